The number of hydrogen-bond acceptors (Lipinski definition) is 4. The Balaban J connectivity index is 1.80. The molecule has 0 aliphatic carbocycles. The summed E-state index contributed by atoms with van der Waals surface area (Å²) in [5.41, 5.74) is 4.14. The summed E-state index contributed by atoms with van der Waals surface area (Å²) in [5.74, 6) is 0.489. The van der Waals surface area contributed by atoms with Crippen molar-refractivity contribution in [3.05, 3.63) is 65.2 Å². The average Bonchev–Trinajstić information content (AvgIpc) is 3.23. The first-order valence-corrected chi connectivity index (χ1v) is 9.78. The fraction of sp³-hybridized carbons (Fsp3) is 0.350. The monoisotopic (exact) mass is 368 g/mol. The van der Waals surface area contributed by atoms with Crippen LogP contribution in [-0.2, 0) is 6.54 Å². The highest BCUT2D eigenvalue weighted by atomic mass is 32.2. The zero-order valence-corrected chi connectivity index (χ0v) is 16.5. The van der Waals surface area contributed by atoms with Crippen LogP contribution in [0.5, 0.6) is 0 Å². The van der Waals surface area contributed by atoms with Gasteiger partial charge in [-0.3, -0.25) is 4.79 Å². The van der Waals surface area contributed by atoms with Gasteiger partial charge in [0.05, 0.1) is 11.8 Å². The molecule has 6 heteroatoms. The predicted molar refractivity (Wildman–Crippen MR) is 105 cm³/mol. The van der Waals surface area contributed by atoms with Crippen molar-refractivity contribution < 1.29 is 4.79 Å². The van der Waals surface area contributed by atoms with E-state index in [1.165, 1.54) is 17.3 Å². The molecule has 1 atom stereocenters. The van der Waals surface area contributed by atoms with E-state index in [1.54, 1.807) is 6.33 Å². The zero-order chi connectivity index (χ0) is 18.7. The minimum absolute atomic E-state index is 0.125. The van der Waals surface area contributed by atoms with Gasteiger partial charge >= 0.3 is 0 Å². The van der Waals surface area contributed by atoms with Gasteiger partial charge in [-0.15, -0.1) is 10.2 Å². The first kappa shape index (κ1) is 18.5. The largest absolute Gasteiger partial charge is 0.341 e. The summed E-state index contributed by atoms with van der Waals surface area (Å²) in [6.45, 7) is 9.09. The van der Waals surface area contributed by atoms with Crippen molar-refractivity contribution in [1.29, 1.82) is 0 Å². The molecule has 0 amide bonds. The molecule has 0 saturated heterocycles. The van der Waals surface area contributed by atoms with E-state index in [1.807, 2.05) is 42.7 Å². The maximum absolute atomic E-state index is 12.8. The molecular formula is C20H24N4OS. The van der Waals surface area contributed by atoms with Gasteiger partial charge in [0.2, 0.25) is 0 Å². The Morgan fingerprint density at radius 1 is 1.23 bits per heavy atom. The van der Waals surface area contributed by atoms with Crippen molar-refractivity contribution in [1.82, 2.24) is 19.3 Å². The number of thioether (sulfide) groups is 1. The maximum Gasteiger partial charge on any atom is 0.191 e. The molecule has 0 spiro atoms. The lowest BCUT2D eigenvalue weighted by atomic mass is 10.1. The number of Topliss-reactive ketones (excluding diaryl/α,β-unsaturated/α-hetero) is 1. The second-order valence-corrected chi connectivity index (χ2v) is 7.30. The minimum Gasteiger partial charge on any atom is -0.341 e. The lowest BCUT2D eigenvalue weighted by molar-refractivity contribution is 0.102. The summed E-state index contributed by atoms with van der Waals surface area (Å²) in [5, 5.41) is 8.78. The molecular weight excluding hydrogens is 344 g/mol. The topological polar surface area (TPSA) is 52.7 Å². The normalized spacial score (nSPS) is 12.3. The molecule has 2 aromatic heterocycles. The van der Waals surface area contributed by atoms with Crippen molar-refractivity contribution in [2.45, 2.75) is 45.4 Å². The van der Waals surface area contributed by atoms with Crippen LogP contribution in [0, 0.1) is 13.8 Å². The minimum atomic E-state index is 0.125. The Kier molecular flexibility index (Phi) is 5.61. The predicted octanol–water partition coefficient (Wildman–Crippen LogP) is 4.30. The number of benzene rings is 1. The second kappa shape index (κ2) is 7.91. The molecule has 0 fully saturated rings. The van der Waals surface area contributed by atoms with E-state index in [9.17, 15) is 4.79 Å². The summed E-state index contributed by atoms with van der Waals surface area (Å²) in [6, 6.07) is 12.6. The number of aryl methyl sites for hydroxylation is 2. The molecule has 2 heterocycles. The summed E-state index contributed by atoms with van der Waals surface area (Å²) in [4.78, 5) is 12.8. The highest BCUT2D eigenvalue weighted by molar-refractivity contribution is 7.99. The quantitative estimate of drug-likeness (QED) is 0.461. The van der Waals surface area contributed by atoms with Gasteiger partial charge in [-0.05, 0) is 39.3 Å². The molecule has 3 rings (SSSR count). The van der Waals surface area contributed by atoms with Crippen molar-refractivity contribution >= 4 is 17.5 Å². The van der Waals surface area contributed by atoms with E-state index >= 15 is 0 Å². The van der Waals surface area contributed by atoms with Gasteiger partial charge in [0.1, 0.15) is 6.33 Å². The molecule has 1 unspecified atom stereocenters. The molecule has 0 aliphatic rings. The summed E-state index contributed by atoms with van der Waals surface area (Å²) >= 11 is 1.44. The van der Waals surface area contributed by atoms with E-state index in [0.29, 0.717) is 5.75 Å². The number of carbonyl (C=O) groups excluding carboxylic acids is 1. The van der Waals surface area contributed by atoms with Gasteiger partial charge < -0.3 is 9.13 Å². The molecule has 26 heavy (non-hydrogen) atoms. The van der Waals surface area contributed by atoms with Crippen molar-refractivity contribution in [3.8, 4) is 0 Å². The van der Waals surface area contributed by atoms with Crippen LogP contribution in [-0.4, -0.2) is 30.9 Å². The second-order valence-electron chi connectivity index (χ2n) is 6.35. The fourth-order valence-electron chi connectivity index (χ4n) is 3.32. The van der Waals surface area contributed by atoms with Gasteiger partial charge in [0.25, 0.3) is 0 Å². The van der Waals surface area contributed by atoms with E-state index in [-0.39, 0.29) is 11.8 Å². The molecule has 1 aromatic carbocycles. The number of rotatable bonds is 7. The van der Waals surface area contributed by atoms with Crippen LogP contribution >= 0.6 is 11.8 Å². The van der Waals surface area contributed by atoms with Crippen molar-refractivity contribution in [3.63, 3.8) is 0 Å². The van der Waals surface area contributed by atoms with Crippen LogP contribution in [0.1, 0.15) is 47.2 Å². The van der Waals surface area contributed by atoms with E-state index in [2.05, 4.69) is 40.7 Å². The molecule has 3 aromatic rings. The van der Waals surface area contributed by atoms with Crippen LogP contribution < -0.4 is 0 Å². The number of nitrogens with zero attached hydrogens (tertiary/aromatic N) is 4. The zero-order valence-electron chi connectivity index (χ0n) is 15.6. The number of hydrogen-bond donors (Lipinski definition) is 0. The van der Waals surface area contributed by atoms with Gasteiger partial charge in [-0.25, -0.2) is 0 Å². The Labute approximate surface area is 158 Å². The van der Waals surface area contributed by atoms with Gasteiger partial charge in [0, 0.05) is 23.5 Å². The molecule has 0 saturated carbocycles. The van der Waals surface area contributed by atoms with Crippen molar-refractivity contribution in [2.24, 2.45) is 0 Å². The number of carbonyl (C=O) groups is 1. The Morgan fingerprint density at radius 2 is 1.96 bits per heavy atom. The van der Waals surface area contributed by atoms with Crippen LogP contribution in [0.2, 0.25) is 0 Å². The molecule has 0 N–H and O–H groups in total. The highest BCUT2D eigenvalue weighted by Gasteiger charge is 2.20. The molecule has 136 valence electrons. The number of ketones is 1. The Bertz CT molecular complexity index is 898. The Hall–Kier alpha value is -2.34. The highest BCUT2D eigenvalue weighted by Crippen LogP contribution is 2.27. The molecule has 0 bridgehead atoms. The van der Waals surface area contributed by atoms with Crippen LogP contribution in [0.4, 0.5) is 0 Å². The lowest BCUT2D eigenvalue weighted by Gasteiger charge is -2.19. The van der Waals surface area contributed by atoms with E-state index in [4.69, 9.17) is 0 Å². The summed E-state index contributed by atoms with van der Waals surface area (Å²) in [6.07, 6.45) is 1.69. The fourth-order valence-corrected chi connectivity index (χ4v) is 4.18. The average molecular weight is 369 g/mol. The van der Waals surface area contributed by atoms with Gasteiger partial charge in [-0.2, -0.15) is 0 Å². The molecule has 5 nitrogen and oxygen atoms in total. The van der Waals surface area contributed by atoms with E-state index in [0.717, 1.165) is 28.7 Å². The van der Waals surface area contributed by atoms with Crippen LogP contribution in [0.25, 0.3) is 0 Å². The van der Waals surface area contributed by atoms with Gasteiger partial charge in [-0.1, -0.05) is 42.1 Å². The van der Waals surface area contributed by atoms with Gasteiger partial charge in [0.15, 0.2) is 10.9 Å². The lowest BCUT2D eigenvalue weighted by Crippen LogP contribution is -2.12. The third-order valence-electron chi connectivity index (χ3n) is 4.71. The first-order chi connectivity index (χ1) is 12.5. The summed E-state index contributed by atoms with van der Waals surface area (Å²) < 4.78 is 4.18. The van der Waals surface area contributed by atoms with Crippen LogP contribution in [0.3, 0.4) is 0 Å². The number of aromatic nitrogens is 4. The molecule has 0 aliphatic heterocycles. The SMILES string of the molecule is CCn1cnnc1SCC(=O)c1cc(C)n(C(C)c2ccccc2)c1C. The third kappa shape index (κ3) is 3.60. The smallest absolute Gasteiger partial charge is 0.191 e. The Morgan fingerprint density at radius 3 is 2.65 bits per heavy atom. The first-order valence-electron chi connectivity index (χ1n) is 8.80. The van der Waals surface area contributed by atoms with E-state index < -0.39 is 0 Å². The maximum atomic E-state index is 12.8. The van der Waals surface area contributed by atoms with Crippen LogP contribution in [0.15, 0.2) is 47.9 Å². The molecule has 0 radical (unpaired) electrons. The third-order valence-corrected chi connectivity index (χ3v) is 5.69. The summed E-state index contributed by atoms with van der Waals surface area (Å²) in [7, 11) is 0. The van der Waals surface area contributed by atoms with Crippen molar-refractivity contribution in [2.75, 3.05) is 5.75 Å². The standard InChI is InChI=1S/C20H24N4OS/c1-5-23-13-21-22-20(23)26-12-19(25)18-11-14(2)24(16(18)4)15(3)17-9-7-6-8-10-17/h6-11,13,15H,5,12H2,1-4H3.